The van der Waals surface area contributed by atoms with Crippen molar-refractivity contribution in [1.29, 1.82) is 0 Å². The number of benzene rings is 2. The predicted octanol–water partition coefficient (Wildman–Crippen LogP) is 3.31. The standard InChI is InChI=1S/C24H24N2O5/c1-15-8-10-18(11-9-15)26-16(2)12-20(17(26)3)21(27)13-31-24(29)19-6-4-5-7-22(19)30-14-23(25)28/h4-12H,13-14H2,1-3H3,(H2,25,28). The summed E-state index contributed by atoms with van der Waals surface area (Å²) in [6, 6.07) is 16.1. The summed E-state index contributed by atoms with van der Waals surface area (Å²) in [5, 5.41) is 0. The zero-order valence-electron chi connectivity index (χ0n) is 17.7. The molecule has 0 radical (unpaired) electrons. The molecule has 0 unspecified atom stereocenters. The first kappa shape index (κ1) is 21.8. The summed E-state index contributed by atoms with van der Waals surface area (Å²) in [7, 11) is 0. The molecule has 0 aliphatic heterocycles. The molecule has 0 aliphatic rings. The van der Waals surface area contributed by atoms with Gasteiger partial charge < -0.3 is 19.8 Å². The van der Waals surface area contributed by atoms with Gasteiger partial charge in [-0.3, -0.25) is 9.59 Å². The number of primary amides is 1. The van der Waals surface area contributed by atoms with Gasteiger partial charge in [-0.1, -0.05) is 29.8 Å². The van der Waals surface area contributed by atoms with E-state index in [9.17, 15) is 14.4 Å². The Morgan fingerprint density at radius 3 is 2.26 bits per heavy atom. The number of aromatic nitrogens is 1. The molecule has 160 valence electrons. The van der Waals surface area contributed by atoms with Crippen LogP contribution in [-0.2, 0) is 9.53 Å². The van der Waals surface area contributed by atoms with Gasteiger partial charge in [0.05, 0.1) is 0 Å². The van der Waals surface area contributed by atoms with Crippen molar-refractivity contribution in [2.75, 3.05) is 13.2 Å². The molecule has 7 nitrogen and oxygen atoms in total. The van der Waals surface area contributed by atoms with Crippen LogP contribution in [0, 0.1) is 20.8 Å². The van der Waals surface area contributed by atoms with Crippen LogP contribution in [0.5, 0.6) is 5.75 Å². The van der Waals surface area contributed by atoms with Crippen molar-refractivity contribution >= 4 is 17.7 Å². The summed E-state index contributed by atoms with van der Waals surface area (Å²) >= 11 is 0. The molecule has 3 rings (SSSR count). The number of esters is 1. The molecule has 0 bridgehead atoms. The number of aryl methyl sites for hydroxylation is 2. The molecule has 1 amide bonds. The van der Waals surface area contributed by atoms with Gasteiger partial charge in [0.2, 0.25) is 5.78 Å². The Bertz CT molecular complexity index is 1130. The minimum atomic E-state index is -0.722. The molecule has 0 saturated carbocycles. The van der Waals surface area contributed by atoms with Crippen molar-refractivity contribution in [3.8, 4) is 11.4 Å². The number of ketones is 1. The number of nitrogens with two attached hydrogens (primary N) is 1. The van der Waals surface area contributed by atoms with Crippen LogP contribution in [0.4, 0.5) is 0 Å². The summed E-state index contributed by atoms with van der Waals surface area (Å²) in [4.78, 5) is 36.2. The van der Waals surface area contributed by atoms with Crippen LogP contribution in [0.3, 0.4) is 0 Å². The van der Waals surface area contributed by atoms with E-state index in [0.717, 1.165) is 22.6 Å². The lowest BCUT2D eigenvalue weighted by Gasteiger charge is -2.11. The van der Waals surface area contributed by atoms with Crippen molar-refractivity contribution in [3.63, 3.8) is 0 Å². The van der Waals surface area contributed by atoms with Crippen molar-refractivity contribution < 1.29 is 23.9 Å². The van der Waals surface area contributed by atoms with Crippen LogP contribution in [0.25, 0.3) is 5.69 Å². The van der Waals surface area contributed by atoms with E-state index in [-0.39, 0.29) is 23.7 Å². The minimum absolute atomic E-state index is 0.113. The number of rotatable bonds is 8. The Balaban J connectivity index is 1.73. The molecule has 0 aliphatic carbocycles. The average Bonchev–Trinajstić information content (AvgIpc) is 3.05. The normalized spacial score (nSPS) is 10.5. The van der Waals surface area contributed by atoms with E-state index in [1.165, 1.54) is 12.1 Å². The van der Waals surface area contributed by atoms with Crippen molar-refractivity contribution in [1.82, 2.24) is 4.57 Å². The fourth-order valence-electron chi connectivity index (χ4n) is 3.33. The Morgan fingerprint density at radius 1 is 0.903 bits per heavy atom. The van der Waals surface area contributed by atoms with Crippen LogP contribution < -0.4 is 10.5 Å². The zero-order chi connectivity index (χ0) is 22.5. The quantitative estimate of drug-likeness (QED) is 0.445. The van der Waals surface area contributed by atoms with Gasteiger partial charge in [-0.25, -0.2) is 4.79 Å². The summed E-state index contributed by atoms with van der Waals surface area (Å²) in [6.45, 7) is 5.01. The second-order valence-corrected chi connectivity index (χ2v) is 7.21. The van der Waals surface area contributed by atoms with Crippen LogP contribution in [0.2, 0.25) is 0 Å². The molecule has 0 spiro atoms. The maximum Gasteiger partial charge on any atom is 0.342 e. The van der Waals surface area contributed by atoms with Crippen LogP contribution in [0.1, 0.15) is 37.7 Å². The number of carbonyl (C=O) groups excluding carboxylic acids is 3. The lowest BCUT2D eigenvalue weighted by atomic mass is 10.1. The largest absolute Gasteiger partial charge is 0.483 e. The average molecular weight is 420 g/mol. The molecule has 0 atom stereocenters. The third kappa shape index (κ3) is 5.01. The van der Waals surface area contributed by atoms with Crippen molar-refractivity contribution in [2.24, 2.45) is 5.73 Å². The second kappa shape index (κ2) is 9.30. The molecule has 0 fully saturated rings. The molecular formula is C24H24N2O5. The Kier molecular flexibility index (Phi) is 6.55. The number of hydrogen-bond donors (Lipinski definition) is 1. The van der Waals surface area contributed by atoms with E-state index < -0.39 is 18.5 Å². The Labute approximate surface area is 180 Å². The van der Waals surface area contributed by atoms with E-state index in [4.69, 9.17) is 15.2 Å². The second-order valence-electron chi connectivity index (χ2n) is 7.21. The Morgan fingerprint density at radius 2 is 1.58 bits per heavy atom. The van der Waals surface area contributed by atoms with Gasteiger partial charge in [0.1, 0.15) is 11.3 Å². The van der Waals surface area contributed by atoms with Crippen LogP contribution in [0.15, 0.2) is 54.6 Å². The van der Waals surface area contributed by atoms with E-state index >= 15 is 0 Å². The molecule has 2 N–H and O–H groups in total. The van der Waals surface area contributed by atoms with Gasteiger partial charge in [-0.05, 0) is 51.1 Å². The summed E-state index contributed by atoms with van der Waals surface area (Å²) in [5.74, 6) is -1.53. The minimum Gasteiger partial charge on any atom is -0.483 e. The molecule has 3 aromatic rings. The third-order valence-electron chi connectivity index (χ3n) is 4.83. The fraction of sp³-hybridized carbons (Fsp3) is 0.208. The lowest BCUT2D eigenvalue weighted by molar-refractivity contribution is -0.119. The number of Topliss-reactive ketones (excluding diaryl/α,β-unsaturated/α-hetero) is 1. The number of carbonyl (C=O) groups is 3. The first-order valence-electron chi connectivity index (χ1n) is 9.74. The van der Waals surface area contributed by atoms with Crippen LogP contribution in [-0.4, -0.2) is 35.4 Å². The van der Waals surface area contributed by atoms with Gasteiger partial charge in [-0.15, -0.1) is 0 Å². The van der Waals surface area contributed by atoms with Crippen molar-refractivity contribution in [2.45, 2.75) is 20.8 Å². The molecule has 0 saturated heterocycles. The van der Waals surface area contributed by atoms with Crippen LogP contribution >= 0.6 is 0 Å². The first-order chi connectivity index (χ1) is 14.8. The molecule has 7 heteroatoms. The van der Waals surface area contributed by atoms with Gasteiger partial charge in [0.25, 0.3) is 5.91 Å². The molecule has 1 aromatic heterocycles. The molecule has 1 heterocycles. The monoisotopic (exact) mass is 420 g/mol. The number of hydrogen-bond acceptors (Lipinski definition) is 5. The highest BCUT2D eigenvalue weighted by Gasteiger charge is 2.20. The number of amides is 1. The lowest BCUT2D eigenvalue weighted by Crippen LogP contribution is -2.21. The molecule has 2 aromatic carbocycles. The summed E-state index contributed by atoms with van der Waals surface area (Å²) in [6.07, 6.45) is 0. The molecular weight excluding hydrogens is 396 g/mol. The SMILES string of the molecule is Cc1ccc(-n2c(C)cc(C(=O)COC(=O)c3ccccc3OCC(N)=O)c2C)cc1. The highest BCUT2D eigenvalue weighted by molar-refractivity contribution is 6.01. The highest BCUT2D eigenvalue weighted by Crippen LogP contribution is 2.23. The number of nitrogens with zero attached hydrogens (tertiary/aromatic N) is 1. The maximum atomic E-state index is 12.8. The fourth-order valence-corrected chi connectivity index (χ4v) is 3.33. The summed E-state index contributed by atoms with van der Waals surface area (Å²) in [5.41, 5.74) is 9.46. The van der Waals surface area contributed by atoms with E-state index in [1.54, 1.807) is 18.2 Å². The number of para-hydroxylation sites is 1. The third-order valence-corrected chi connectivity index (χ3v) is 4.83. The topological polar surface area (TPSA) is 101 Å². The van der Waals surface area contributed by atoms with Crippen molar-refractivity contribution in [3.05, 3.63) is 82.7 Å². The highest BCUT2D eigenvalue weighted by atomic mass is 16.5. The molecule has 31 heavy (non-hydrogen) atoms. The first-order valence-corrected chi connectivity index (χ1v) is 9.74. The van der Waals surface area contributed by atoms with E-state index in [2.05, 4.69) is 0 Å². The van der Waals surface area contributed by atoms with E-state index in [0.29, 0.717) is 5.56 Å². The Hall–Kier alpha value is -3.87. The predicted molar refractivity (Wildman–Crippen MR) is 116 cm³/mol. The van der Waals surface area contributed by atoms with Gasteiger partial charge in [0, 0.05) is 22.6 Å². The van der Waals surface area contributed by atoms with Gasteiger partial charge >= 0.3 is 5.97 Å². The van der Waals surface area contributed by atoms with Gasteiger partial charge in [0.15, 0.2) is 13.2 Å². The van der Waals surface area contributed by atoms with Gasteiger partial charge in [-0.2, -0.15) is 0 Å². The number of ether oxygens (including phenoxy) is 2. The smallest absolute Gasteiger partial charge is 0.342 e. The zero-order valence-corrected chi connectivity index (χ0v) is 17.7. The van der Waals surface area contributed by atoms with E-state index in [1.807, 2.05) is 49.6 Å². The summed E-state index contributed by atoms with van der Waals surface area (Å²) < 4.78 is 12.5. The maximum absolute atomic E-state index is 12.8.